The molecule has 0 radical (unpaired) electrons. The van der Waals surface area contributed by atoms with Gasteiger partial charge in [0.25, 0.3) is 10.0 Å². The second-order valence-electron chi connectivity index (χ2n) is 5.97. The molecule has 0 aliphatic carbocycles. The molecule has 2 aromatic carbocycles. The molecule has 1 fully saturated rings. The summed E-state index contributed by atoms with van der Waals surface area (Å²) in [4.78, 5) is 2.50. The van der Waals surface area contributed by atoms with E-state index in [0.29, 0.717) is 11.4 Å². The van der Waals surface area contributed by atoms with Crippen LogP contribution >= 0.6 is 0 Å². The van der Waals surface area contributed by atoms with Gasteiger partial charge >= 0.3 is 0 Å². The van der Waals surface area contributed by atoms with Crippen LogP contribution in [0.15, 0.2) is 47.4 Å². The topological polar surface area (TPSA) is 58.6 Å². The first kappa shape index (κ1) is 16.6. The molecule has 1 aliphatic rings. The molecule has 1 heterocycles. The second kappa shape index (κ2) is 6.73. The lowest BCUT2D eigenvalue weighted by atomic mass is 10.2. The molecule has 1 N–H and O–H groups in total. The minimum absolute atomic E-state index is 0.217. The maximum Gasteiger partial charge on any atom is 0.261 e. The van der Waals surface area contributed by atoms with Gasteiger partial charge in [-0.3, -0.25) is 4.72 Å². The molecular weight excluding hydrogens is 324 g/mol. The van der Waals surface area contributed by atoms with Crippen LogP contribution in [-0.2, 0) is 10.0 Å². The van der Waals surface area contributed by atoms with Crippen LogP contribution < -0.4 is 14.4 Å². The van der Waals surface area contributed by atoms with Crippen molar-refractivity contribution < 1.29 is 13.2 Å². The number of nitrogens with zero attached hydrogens (tertiary/aromatic N) is 1. The van der Waals surface area contributed by atoms with E-state index in [9.17, 15) is 8.42 Å². The van der Waals surface area contributed by atoms with E-state index in [0.717, 1.165) is 24.3 Å². The molecular formula is C18H22N2O3S. The molecule has 0 amide bonds. The van der Waals surface area contributed by atoms with Crippen LogP contribution in [0.4, 0.5) is 11.4 Å². The number of rotatable bonds is 5. The molecule has 0 saturated carbocycles. The number of anilines is 2. The number of aryl methyl sites for hydroxylation is 1. The van der Waals surface area contributed by atoms with Gasteiger partial charge in [0.1, 0.15) is 5.75 Å². The highest BCUT2D eigenvalue weighted by Crippen LogP contribution is 2.28. The molecule has 0 atom stereocenters. The summed E-state index contributed by atoms with van der Waals surface area (Å²) in [7, 11) is -2.07. The second-order valence-corrected chi connectivity index (χ2v) is 7.66. The number of benzene rings is 2. The lowest BCUT2D eigenvalue weighted by Crippen LogP contribution is -2.18. The van der Waals surface area contributed by atoms with Crippen LogP contribution in [0.5, 0.6) is 5.75 Å². The number of hydrogen-bond acceptors (Lipinski definition) is 4. The predicted octanol–water partition coefficient (Wildman–Crippen LogP) is 3.40. The minimum atomic E-state index is -3.63. The fourth-order valence-corrected chi connectivity index (χ4v) is 3.97. The van der Waals surface area contributed by atoms with Gasteiger partial charge in [-0.05, 0) is 61.7 Å². The summed E-state index contributed by atoms with van der Waals surface area (Å²) >= 11 is 0. The molecule has 3 rings (SSSR count). The highest BCUT2D eigenvalue weighted by molar-refractivity contribution is 7.92. The van der Waals surface area contributed by atoms with Crippen molar-refractivity contribution >= 4 is 21.4 Å². The monoisotopic (exact) mass is 346 g/mol. The maximum absolute atomic E-state index is 12.6. The molecule has 128 valence electrons. The molecule has 0 bridgehead atoms. The average Bonchev–Trinajstić information content (AvgIpc) is 3.11. The molecule has 6 heteroatoms. The maximum atomic E-state index is 12.6. The standard InChI is InChI=1S/C18H22N2O3S/c1-14-5-6-15(20-11-3-4-12-20)13-18(14)19-24(21,22)17-9-7-16(23-2)8-10-17/h5-10,13,19H,3-4,11-12H2,1-2H3. The van der Waals surface area contributed by atoms with E-state index in [1.54, 1.807) is 31.4 Å². The van der Waals surface area contributed by atoms with Crippen molar-refractivity contribution in [2.75, 3.05) is 29.8 Å². The van der Waals surface area contributed by atoms with Gasteiger partial charge in [0.2, 0.25) is 0 Å². The average molecular weight is 346 g/mol. The van der Waals surface area contributed by atoms with E-state index in [4.69, 9.17) is 4.74 Å². The van der Waals surface area contributed by atoms with Crippen molar-refractivity contribution in [3.05, 3.63) is 48.0 Å². The Balaban J connectivity index is 1.86. The van der Waals surface area contributed by atoms with Gasteiger partial charge < -0.3 is 9.64 Å². The van der Waals surface area contributed by atoms with Gasteiger partial charge in [-0.1, -0.05) is 6.07 Å². The van der Waals surface area contributed by atoms with E-state index in [1.807, 2.05) is 25.1 Å². The van der Waals surface area contributed by atoms with Crippen LogP contribution in [0.25, 0.3) is 0 Å². The summed E-state index contributed by atoms with van der Waals surface area (Å²) in [5, 5.41) is 0. The lowest BCUT2D eigenvalue weighted by Gasteiger charge is -2.20. The van der Waals surface area contributed by atoms with Crippen LogP contribution in [0.1, 0.15) is 18.4 Å². The summed E-state index contributed by atoms with van der Waals surface area (Å²) < 4.78 is 33.0. The first-order chi connectivity index (χ1) is 11.5. The molecule has 0 unspecified atom stereocenters. The third kappa shape index (κ3) is 3.48. The summed E-state index contributed by atoms with van der Waals surface area (Å²) in [5.41, 5.74) is 2.58. The number of hydrogen-bond donors (Lipinski definition) is 1. The number of sulfonamides is 1. The highest BCUT2D eigenvalue weighted by Gasteiger charge is 2.18. The number of ether oxygens (including phenoxy) is 1. The Morgan fingerprint density at radius 1 is 1.04 bits per heavy atom. The third-order valence-corrected chi connectivity index (χ3v) is 5.69. The number of nitrogens with one attached hydrogen (secondary N) is 1. The lowest BCUT2D eigenvalue weighted by molar-refractivity contribution is 0.414. The molecule has 1 saturated heterocycles. The molecule has 0 aromatic heterocycles. The van der Waals surface area contributed by atoms with Crippen LogP contribution in [0.2, 0.25) is 0 Å². The van der Waals surface area contributed by atoms with Crippen molar-refractivity contribution in [3.63, 3.8) is 0 Å². The summed E-state index contributed by atoms with van der Waals surface area (Å²) in [6, 6.07) is 12.3. The zero-order valence-corrected chi connectivity index (χ0v) is 14.8. The summed E-state index contributed by atoms with van der Waals surface area (Å²) in [6.45, 7) is 3.95. The van der Waals surface area contributed by atoms with Crippen LogP contribution in [-0.4, -0.2) is 28.6 Å². The Morgan fingerprint density at radius 2 is 1.71 bits per heavy atom. The van der Waals surface area contributed by atoms with Crippen molar-refractivity contribution in [3.8, 4) is 5.75 Å². The Morgan fingerprint density at radius 3 is 2.33 bits per heavy atom. The van der Waals surface area contributed by atoms with Crippen LogP contribution in [0.3, 0.4) is 0 Å². The summed E-state index contributed by atoms with van der Waals surface area (Å²) in [5.74, 6) is 0.626. The Hall–Kier alpha value is -2.21. The molecule has 24 heavy (non-hydrogen) atoms. The Bertz CT molecular complexity index is 811. The van der Waals surface area contributed by atoms with Gasteiger partial charge in [0.05, 0.1) is 17.7 Å². The normalized spacial score (nSPS) is 14.7. The fourth-order valence-electron chi connectivity index (χ4n) is 2.85. The van der Waals surface area contributed by atoms with E-state index in [1.165, 1.54) is 12.8 Å². The van der Waals surface area contributed by atoms with Crippen molar-refractivity contribution in [2.45, 2.75) is 24.7 Å². The van der Waals surface area contributed by atoms with Gasteiger partial charge in [-0.25, -0.2) is 8.42 Å². The molecule has 0 spiro atoms. The highest BCUT2D eigenvalue weighted by atomic mass is 32.2. The molecule has 2 aromatic rings. The van der Waals surface area contributed by atoms with Crippen molar-refractivity contribution in [1.82, 2.24) is 0 Å². The van der Waals surface area contributed by atoms with E-state index in [2.05, 4.69) is 9.62 Å². The van der Waals surface area contributed by atoms with Crippen molar-refractivity contribution in [1.29, 1.82) is 0 Å². The van der Waals surface area contributed by atoms with Crippen molar-refractivity contribution in [2.24, 2.45) is 0 Å². The third-order valence-electron chi connectivity index (χ3n) is 4.31. The molecule has 5 nitrogen and oxygen atoms in total. The van der Waals surface area contributed by atoms with Gasteiger partial charge in [0, 0.05) is 18.8 Å². The largest absolute Gasteiger partial charge is 0.497 e. The van der Waals surface area contributed by atoms with E-state index < -0.39 is 10.0 Å². The Labute approximate surface area is 143 Å². The smallest absolute Gasteiger partial charge is 0.261 e. The van der Waals surface area contributed by atoms with Gasteiger partial charge in [0.15, 0.2) is 0 Å². The summed E-state index contributed by atoms with van der Waals surface area (Å²) in [6.07, 6.45) is 2.36. The molecule has 1 aliphatic heterocycles. The first-order valence-electron chi connectivity index (χ1n) is 8.02. The minimum Gasteiger partial charge on any atom is -0.497 e. The zero-order chi connectivity index (χ0) is 17.2. The fraction of sp³-hybridized carbons (Fsp3) is 0.333. The van der Waals surface area contributed by atoms with E-state index in [-0.39, 0.29) is 4.90 Å². The van der Waals surface area contributed by atoms with Gasteiger partial charge in [-0.15, -0.1) is 0 Å². The Kier molecular flexibility index (Phi) is 4.66. The first-order valence-corrected chi connectivity index (χ1v) is 9.50. The number of methoxy groups -OCH3 is 1. The predicted molar refractivity (Wildman–Crippen MR) is 96.4 cm³/mol. The van der Waals surface area contributed by atoms with Gasteiger partial charge in [-0.2, -0.15) is 0 Å². The SMILES string of the molecule is COc1ccc(S(=O)(=O)Nc2cc(N3CCCC3)ccc2C)cc1. The van der Waals surface area contributed by atoms with E-state index >= 15 is 0 Å². The van der Waals surface area contributed by atoms with Crippen LogP contribution in [0, 0.1) is 6.92 Å². The quantitative estimate of drug-likeness (QED) is 0.901. The zero-order valence-electron chi connectivity index (χ0n) is 14.0.